The van der Waals surface area contributed by atoms with E-state index in [-0.39, 0.29) is 17.0 Å². The third-order valence-electron chi connectivity index (χ3n) is 2.37. The van der Waals surface area contributed by atoms with Crippen molar-refractivity contribution in [2.75, 3.05) is 0 Å². The molecule has 0 aliphatic carbocycles. The Morgan fingerprint density at radius 3 is 2.05 bits per heavy atom. The molecule has 0 atom stereocenters. The maximum atomic E-state index is 12.8. The molecule has 0 N–H and O–H groups in total. The molecule has 1 heterocycles. The van der Waals surface area contributed by atoms with Crippen molar-refractivity contribution < 1.29 is 26.3 Å². The summed E-state index contributed by atoms with van der Waals surface area (Å²) in [5.74, 6) is 0. The van der Waals surface area contributed by atoms with E-state index in [4.69, 9.17) is 0 Å². The molecule has 0 amide bonds. The molecule has 102 valence electrons. The molecule has 0 spiro atoms. The Hall–Kier alpha value is -1.06. The smallest absolute Gasteiger partial charge is 0.243 e. The molecular weight excluding hydrogens is 387 g/mol. The molecule has 0 bridgehead atoms. The lowest BCUT2D eigenvalue weighted by molar-refractivity contribution is -0.144. The molecule has 2 rings (SSSR count). The van der Waals surface area contributed by atoms with Gasteiger partial charge >= 0.3 is 12.4 Å². The number of hydrogen-bond acceptors (Lipinski definition) is 1. The fourth-order valence-electron chi connectivity index (χ4n) is 1.58. The van der Waals surface area contributed by atoms with Gasteiger partial charge in [0.15, 0.2) is 0 Å². The van der Waals surface area contributed by atoms with Crippen LogP contribution in [0.4, 0.5) is 26.3 Å². The summed E-state index contributed by atoms with van der Waals surface area (Å²) in [4.78, 5) is 3.23. The van der Waals surface area contributed by atoms with Crippen LogP contribution < -0.4 is 0 Å². The normalized spacial score (nSPS) is 13.0. The van der Waals surface area contributed by atoms with Crippen LogP contribution >= 0.6 is 22.6 Å². The van der Waals surface area contributed by atoms with Crippen LogP contribution in [0.3, 0.4) is 0 Å². The number of nitrogens with zero attached hydrogens (tertiary/aromatic N) is 1. The molecule has 1 aromatic carbocycles. The number of halogens is 7. The summed E-state index contributed by atoms with van der Waals surface area (Å²) in [5.41, 5.74) is -3.21. The molecule has 8 heteroatoms. The largest absolute Gasteiger partial charge is 0.433 e. The SMILES string of the molecule is FC(F)(F)c1cc(C(F)(F)F)c2cc(I)ccc2n1. The van der Waals surface area contributed by atoms with E-state index in [1.54, 1.807) is 22.6 Å². The highest BCUT2D eigenvalue weighted by atomic mass is 127. The van der Waals surface area contributed by atoms with Gasteiger partial charge in [-0.25, -0.2) is 4.98 Å². The second-order valence-corrected chi connectivity index (χ2v) is 4.96. The number of benzene rings is 1. The van der Waals surface area contributed by atoms with Crippen LogP contribution in [0.5, 0.6) is 0 Å². The summed E-state index contributed by atoms with van der Waals surface area (Å²) in [5, 5.41) is -0.340. The van der Waals surface area contributed by atoms with Crippen molar-refractivity contribution >= 4 is 33.5 Å². The highest BCUT2D eigenvalue weighted by Gasteiger charge is 2.39. The molecular formula is C11H4F6IN. The quantitative estimate of drug-likeness (QED) is 0.461. The Morgan fingerprint density at radius 2 is 1.53 bits per heavy atom. The van der Waals surface area contributed by atoms with E-state index in [2.05, 4.69) is 4.98 Å². The van der Waals surface area contributed by atoms with E-state index in [0.29, 0.717) is 3.57 Å². The standard InChI is InChI=1S/C11H4F6IN/c12-10(13,14)7-4-9(11(15,16)17)19-8-2-1-5(18)3-6(7)8/h1-4H. The van der Waals surface area contributed by atoms with Crippen LogP contribution in [0.1, 0.15) is 11.3 Å². The van der Waals surface area contributed by atoms with E-state index >= 15 is 0 Å². The molecule has 2 aromatic rings. The molecule has 1 aromatic heterocycles. The minimum atomic E-state index is -4.92. The second kappa shape index (κ2) is 4.50. The zero-order valence-electron chi connectivity index (χ0n) is 8.90. The van der Waals surface area contributed by atoms with Gasteiger partial charge in [-0.05, 0) is 46.9 Å². The van der Waals surface area contributed by atoms with Crippen molar-refractivity contribution in [2.45, 2.75) is 12.4 Å². The first-order chi connectivity index (χ1) is 8.59. The van der Waals surface area contributed by atoms with E-state index in [9.17, 15) is 26.3 Å². The molecule has 1 nitrogen and oxygen atoms in total. The zero-order valence-corrected chi connectivity index (χ0v) is 11.1. The van der Waals surface area contributed by atoms with Crippen molar-refractivity contribution in [1.29, 1.82) is 0 Å². The fourth-order valence-corrected chi connectivity index (χ4v) is 2.07. The zero-order chi connectivity index (χ0) is 14.4. The third kappa shape index (κ3) is 2.93. The first-order valence-corrected chi connectivity index (χ1v) is 5.91. The lowest BCUT2D eigenvalue weighted by atomic mass is 10.1. The van der Waals surface area contributed by atoms with Crippen LogP contribution in [0.15, 0.2) is 24.3 Å². The average Bonchev–Trinajstić information content (AvgIpc) is 2.24. The van der Waals surface area contributed by atoms with Gasteiger partial charge in [0, 0.05) is 8.96 Å². The third-order valence-corrected chi connectivity index (χ3v) is 3.04. The molecule has 0 fully saturated rings. The van der Waals surface area contributed by atoms with Gasteiger partial charge in [0.05, 0.1) is 11.1 Å². The summed E-state index contributed by atoms with van der Waals surface area (Å²) in [6, 6.07) is 3.74. The van der Waals surface area contributed by atoms with Crippen molar-refractivity contribution in [1.82, 2.24) is 4.98 Å². The minimum absolute atomic E-state index is 0.0401. The van der Waals surface area contributed by atoms with Gasteiger partial charge in [0.1, 0.15) is 5.69 Å². The maximum Gasteiger partial charge on any atom is 0.433 e. The van der Waals surface area contributed by atoms with Gasteiger partial charge in [-0.1, -0.05) is 0 Å². The minimum Gasteiger partial charge on any atom is -0.243 e. The molecule has 0 aliphatic rings. The van der Waals surface area contributed by atoms with Crippen molar-refractivity contribution in [2.24, 2.45) is 0 Å². The maximum absolute atomic E-state index is 12.8. The molecule has 0 unspecified atom stereocenters. The molecule has 0 aliphatic heterocycles. The van der Waals surface area contributed by atoms with E-state index in [0.717, 1.165) is 12.1 Å². The van der Waals surface area contributed by atoms with E-state index in [1.165, 1.54) is 6.07 Å². The van der Waals surface area contributed by atoms with Gasteiger partial charge in [-0.3, -0.25) is 0 Å². The average molecular weight is 391 g/mol. The summed E-state index contributed by atoms with van der Waals surface area (Å²) in [6.45, 7) is 0. The van der Waals surface area contributed by atoms with Crippen LogP contribution in [-0.2, 0) is 12.4 Å². The molecule has 0 radical (unpaired) electrons. The Morgan fingerprint density at radius 1 is 0.895 bits per heavy atom. The molecule has 19 heavy (non-hydrogen) atoms. The number of aromatic nitrogens is 1. The number of alkyl halides is 6. The topological polar surface area (TPSA) is 12.9 Å². The summed E-state index contributed by atoms with van der Waals surface area (Å²) in [7, 11) is 0. The molecule has 0 saturated carbocycles. The Balaban J connectivity index is 2.85. The highest BCUT2D eigenvalue weighted by Crippen LogP contribution is 2.38. The van der Waals surface area contributed by atoms with Crippen LogP contribution in [0, 0.1) is 3.57 Å². The van der Waals surface area contributed by atoms with Crippen molar-refractivity contribution in [3.63, 3.8) is 0 Å². The number of rotatable bonds is 0. The lowest BCUT2D eigenvalue weighted by Gasteiger charge is -2.14. The van der Waals surface area contributed by atoms with Gasteiger partial charge in [0.2, 0.25) is 0 Å². The van der Waals surface area contributed by atoms with Gasteiger partial charge in [-0.2, -0.15) is 26.3 Å². The Kier molecular flexibility index (Phi) is 3.40. The Bertz CT molecular complexity index is 631. The van der Waals surface area contributed by atoms with Crippen LogP contribution in [-0.4, -0.2) is 4.98 Å². The second-order valence-electron chi connectivity index (χ2n) is 3.71. The number of hydrogen-bond donors (Lipinski definition) is 0. The van der Waals surface area contributed by atoms with Gasteiger partial charge in [-0.15, -0.1) is 0 Å². The predicted octanol–water partition coefficient (Wildman–Crippen LogP) is 4.88. The van der Waals surface area contributed by atoms with Crippen LogP contribution in [0.2, 0.25) is 0 Å². The monoisotopic (exact) mass is 391 g/mol. The highest BCUT2D eigenvalue weighted by molar-refractivity contribution is 14.1. The number of pyridine rings is 1. The fraction of sp³-hybridized carbons (Fsp3) is 0.182. The van der Waals surface area contributed by atoms with E-state index < -0.39 is 23.6 Å². The van der Waals surface area contributed by atoms with Crippen molar-refractivity contribution in [3.05, 3.63) is 39.1 Å². The summed E-state index contributed by atoms with van der Waals surface area (Å²) < 4.78 is 76.5. The van der Waals surface area contributed by atoms with Gasteiger partial charge in [0.25, 0.3) is 0 Å². The summed E-state index contributed by atoms with van der Waals surface area (Å²) >= 11 is 1.78. The van der Waals surface area contributed by atoms with E-state index in [1.807, 2.05) is 0 Å². The summed E-state index contributed by atoms with van der Waals surface area (Å²) in [6.07, 6.45) is -9.79. The predicted molar refractivity (Wildman–Crippen MR) is 64.5 cm³/mol. The first kappa shape index (κ1) is 14.4. The first-order valence-electron chi connectivity index (χ1n) is 4.84. The van der Waals surface area contributed by atoms with Gasteiger partial charge < -0.3 is 0 Å². The number of fused-ring (bicyclic) bond motifs is 1. The molecule has 0 saturated heterocycles. The lowest BCUT2D eigenvalue weighted by Crippen LogP contribution is -2.13. The van der Waals surface area contributed by atoms with Crippen LogP contribution in [0.25, 0.3) is 10.9 Å². The Labute approximate surface area is 116 Å². The van der Waals surface area contributed by atoms with Crippen molar-refractivity contribution in [3.8, 4) is 0 Å².